The van der Waals surface area contributed by atoms with E-state index in [4.69, 9.17) is 0 Å². The number of benzene rings is 1. The summed E-state index contributed by atoms with van der Waals surface area (Å²) in [6.45, 7) is 2.92. The molecule has 3 nitrogen and oxygen atoms in total. The van der Waals surface area contributed by atoms with Crippen LogP contribution >= 0.6 is 11.3 Å². The van der Waals surface area contributed by atoms with Gasteiger partial charge in [0, 0.05) is 23.0 Å². The van der Waals surface area contributed by atoms with E-state index < -0.39 is 0 Å². The number of fused-ring (bicyclic) bond motifs is 2. The topological polar surface area (TPSA) is 36.1 Å². The van der Waals surface area contributed by atoms with Crippen LogP contribution in [0.5, 0.6) is 0 Å². The third kappa shape index (κ3) is 1.90. The van der Waals surface area contributed by atoms with Crippen molar-refractivity contribution in [2.45, 2.75) is 19.4 Å². The lowest BCUT2D eigenvalue weighted by Gasteiger charge is -2.33. The Morgan fingerprint density at radius 1 is 1.33 bits per heavy atom. The zero-order valence-electron chi connectivity index (χ0n) is 11.8. The van der Waals surface area contributed by atoms with Crippen molar-refractivity contribution in [3.8, 4) is 0 Å². The Morgan fingerprint density at radius 2 is 2.24 bits per heavy atom. The summed E-state index contributed by atoms with van der Waals surface area (Å²) in [5, 5.41) is 3.21. The van der Waals surface area contributed by atoms with Gasteiger partial charge in [-0.3, -0.25) is 4.79 Å². The first-order valence-corrected chi connectivity index (χ1v) is 8.07. The highest BCUT2D eigenvalue weighted by Crippen LogP contribution is 2.34. The minimum atomic E-state index is 0.118. The van der Waals surface area contributed by atoms with Crippen LogP contribution in [0.3, 0.4) is 0 Å². The molecule has 0 aliphatic carbocycles. The van der Waals surface area contributed by atoms with Gasteiger partial charge in [-0.15, -0.1) is 11.3 Å². The van der Waals surface area contributed by atoms with E-state index in [2.05, 4.69) is 23.4 Å². The van der Waals surface area contributed by atoms with Crippen LogP contribution in [0.25, 0.3) is 10.9 Å². The molecule has 1 N–H and O–H groups in total. The third-order valence-corrected chi connectivity index (χ3v) is 5.35. The average molecular weight is 296 g/mol. The molecular formula is C17H16N2OS. The summed E-state index contributed by atoms with van der Waals surface area (Å²) in [6, 6.07) is 10.2. The van der Waals surface area contributed by atoms with Crippen molar-refractivity contribution in [3.05, 3.63) is 57.9 Å². The number of aromatic nitrogens is 1. The molecule has 0 radical (unpaired) electrons. The van der Waals surface area contributed by atoms with E-state index in [1.54, 1.807) is 11.3 Å². The first kappa shape index (κ1) is 12.7. The molecule has 4 heteroatoms. The molecule has 1 aliphatic heterocycles. The molecule has 4 rings (SSSR count). The van der Waals surface area contributed by atoms with Crippen LogP contribution in [0.2, 0.25) is 0 Å². The molecule has 2 aromatic heterocycles. The molecule has 1 unspecified atom stereocenters. The predicted molar refractivity (Wildman–Crippen MR) is 85.8 cm³/mol. The van der Waals surface area contributed by atoms with Crippen LogP contribution in [0.4, 0.5) is 0 Å². The Bertz CT molecular complexity index is 817. The van der Waals surface area contributed by atoms with Gasteiger partial charge in [0.25, 0.3) is 5.91 Å². The summed E-state index contributed by atoms with van der Waals surface area (Å²) in [7, 11) is 0. The van der Waals surface area contributed by atoms with Crippen LogP contribution in [0.15, 0.2) is 41.9 Å². The number of rotatable bonds is 1. The van der Waals surface area contributed by atoms with Crippen LogP contribution < -0.4 is 0 Å². The SMILES string of the molecule is CC1c2ccsc2CCN1C(=O)c1cccc2cc[nH]c12. The zero-order valence-corrected chi connectivity index (χ0v) is 12.6. The first-order valence-electron chi connectivity index (χ1n) is 7.19. The summed E-state index contributed by atoms with van der Waals surface area (Å²) in [5.74, 6) is 0.118. The molecule has 1 atom stereocenters. The minimum absolute atomic E-state index is 0.118. The van der Waals surface area contributed by atoms with Gasteiger partial charge in [-0.1, -0.05) is 12.1 Å². The van der Waals surface area contributed by atoms with Gasteiger partial charge >= 0.3 is 0 Å². The van der Waals surface area contributed by atoms with Crippen molar-refractivity contribution >= 4 is 28.1 Å². The summed E-state index contributed by atoms with van der Waals surface area (Å²) >= 11 is 1.80. The van der Waals surface area contributed by atoms with Crippen LogP contribution in [-0.4, -0.2) is 22.3 Å². The summed E-state index contributed by atoms with van der Waals surface area (Å²) in [6.07, 6.45) is 2.85. The Kier molecular flexibility index (Phi) is 2.86. The Hall–Kier alpha value is -2.07. The number of carbonyl (C=O) groups excluding carboxylic acids is 1. The van der Waals surface area contributed by atoms with Crippen LogP contribution in [0.1, 0.15) is 33.8 Å². The lowest BCUT2D eigenvalue weighted by molar-refractivity contribution is 0.0681. The molecule has 0 saturated carbocycles. The van der Waals surface area contributed by atoms with Gasteiger partial charge in [-0.2, -0.15) is 0 Å². The molecule has 21 heavy (non-hydrogen) atoms. The number of nitrogens with zero attached hydrogens (tertiary/aromatic N) is 1. The van der Waals surface area contributed by atoms with Gasteiger partial charge in [0.05, 0.1) is 17.1 Å². The summed E-state index contributed by atoms with van der Waals surface area (Å²) in [4.78, 5) is 19.6. The van der Waals surface area contributed by atoms with Gasteiger partial charge in [0.1, 0.15) is 0 Å². The molecule has 106 valence electrons. The molecule has 0 fully saturated rings. The Balaban J connectivity index is 1.74. The van der Waals surface area contributed by atoms with Gasteiger partial charge < -0.3 is 9.88 Å². The van der Waals surface area contributed by atoms with E-state index in [-0.39, 0.29) is 11.9 Å². The highest BCUT2D eigenvalue weighted by Gasteiger charge is 2.29. The third-order valence-electron chi connectivity index (χ3n) is 4.36. The van der Waals surface area contributed by atoms with Crippen molar-refractivity contribution < 1.29 is 4.79 Å². The smallest absolute Gasteiger partial charge is 0.256 e. The van der Waals surface area contributed by atoms with Crippen LogP contribution in [0, 0.1) is 0 Å². The van der Waals surface area contributed by atoms with Crippen molar-refractivity contribution in [1.29, 1.82) is 0 Å². The number of H-pyrrole nitrogens is 1. The fourth-order valence-corrected chi connectivity index (χ4v) is 4.17. The maximum atomic E-state index is 13.0. The molecule has 1 aliphatic rings. The fourth-order valence-electron chi connectivity index (χ4n) is 3.20. The van der Waals surface area contributed by atoms with Crippen molar-refractivity contribution in [3.63, 3.8) is 0 Å². The molecule has 0 saturated heterocycles. The number of aromatic amines is 1. The lowest BCUT2D eigenvalue weighted by atomic mass is 10.00. The first-order chi connectivity index (χ1) is 10.3. The number of hydrogen-bond acceptors (Lipinski definition) is 2. The predicted octanol–water partition coefficient (Wildman–Crippen LogP) is 3.99. The number of para-hydroxylation sites is 1. The lowest BCUT2D eigenvalue weighted by Crippen LogP contribution is -2.38. The van der Waals surface area contributed by atoms with Crippen molar-refractivity contribution in [2.75, 3.05) is 6.54 Å². The second kappa shape index (κ2) is 4.74. The Morgan fingerprint density at radius 3 is 3.14 bits per heavy atom. The Labute approximate surface area is 127 Å². The monoisotopic (exact) mass is 296 g/mol. The van der Waals surface area contributed by atoms with E-state index in [1.807, 2.05) is 35.4 Å². The summed E-state index contributed by atoms with van der Waals surface area (Å²) in [5.41, 5.74) is 3.01. The van der Waals surface area contributed by atoms with E-state index >= 15 is 0 Å². The highest BCUT2D eigenvalue weighted by atomic mass is 32.1. The normalized spacial score (nSPS) is 18.0. The van der Waals surface area contributed by atoms with Gasteiger partial charge in [0.2, 0.25) is 0 Å². The van der Waals surface area contributed by atoms with Crippen molar-refractivity contribution in [1.82, 2.24) is 9.88 Å². The number of hydrogen-bond donors (Lipinski definition) is 1. The molecule has 3 aromatic rings. The molecule has 0 bridgehead atoms. The van der Waals surface area contributed by atoms with Gasteiger partial charge in [-0.05, 0) is 42.5 Å². The molecule has 1 amide bonds. The van der Waals surface area contributed by atoms with Gasteiger partial charge in [0.15, 0.2) is 0 Å². The molecule has 3 heterocycles. The maximum Gasteiger partial charge on any atom is 0.256 e. The van der Waals surface area contributed by atoms with E-state index in [0.29, 0.717) is 0 Å². The molecular weight excluding hydrogens is 280 g/mol. The summed E-state index contributed by atoms with van der Waals surface area (Å²) < 4.78 is 0. The minimum Gasteiger partial charge on any atom is -0.361 e. The number of amides is 1. The second-order valence-corrected chi connectivity index (χ2v) is 6.47. The number of carbonyl (C=O) groups is 1. The van der Waals surface area contributed by atoms with E-state index in [9.17, 15) is 4.79 Å². The zero-order chi connectivity index (χ0) is 14.4. The van der Waals surface area contributed by atoms with Gasteiger partial charge in [-0.25, -0.2) is 0 Å². The van der Waals surface area contributed by atoms with E-state index in [1.165, 1.54) is 10.4 Å². The number of thiophene rings is 1. The quantitative estimate of drug-likeness (QED) is 0.724. The standard InChI is InChI=1S/C17H16N2OS/c1-11-13-7-10-21-15(13)6-9-19(11)17(20)14-4-2-3-12-5-8-18-16(12)14/h2-5,7-8,10-11,18H,6,9H2,1H3. The van der Waals surface area contributed by atoms with E-state index in [0.717, 1.165) is 29.4 Å². The highest BCUT2D eigenvalue weighted by molar-refractivity contribution is 7.10. The fraction of sp³-hybridized carbons (Fsp3) is 0.235. The largest absolute Gasteiger partial charge is 0.361 e. The molecule has 1 aromatic carbocycles. The molecule has 0 spiro atoms. The average Bonchev–Trinajstić information content (AvgIpc) is 3.15. The second-order valence-electron chi connectivity index (χ2n) is 5.47. The maximum absolute atomic E-state index is 13.0. The van der Waals surface area contributed by atoms with Crippen molar-refractivity contribution in [2.24, 2.45) is 0 Å². The number of nitrogens with one attached hydrogen (secondary N) is 1. The van der Waals surface area contributed by atoms with Crippen LogP contribution in [-0.2, 0) is 6.42 Å².